The molecule has 1 fully saturated rings. The summed E-state index contributed by atoms with van der Waals surface area (Å²) in [7, 11) is 1.43. The van der Waals surface area contributed by atoms with Crippen LogP contribution < -0.4 is 9.64 Å². The fourth-order valence-corrected chi connectivity index (χ4v) is 2.51. The van der Waals surface area contributed by atoms with Gasteiger partial charge >= 0.3 is 5.69 Å². The molecule has 19 heavy (non-hydrogen) atoms. The molecular formula is C13H18N2O4. The molecule has 0 saturated carbocycles. The Hall–Kier alpha value is -1.82. The highest BCUT2D eigenvalue weighted by Gasteiger charge is 2.31. The van der Waals surface area contributed by atoms with Crippen molar-refractivity contribution in [2.45, 2.75) is 19.4 Å². The van der Waals surface area contributed by atoms with Gasteiger partial charge in [0, 0.05) is 19.0 Å². The van der Waals surface area contributed by atoms with Crippen molar-refractivity contribution in [2.24, 2.45) is 5.92 Å². The van der Waals surface area contributed by atoms with Crippen LogP contribution in [0.3, 0.4) is 0 Å². The maximum atomic E-state index is 11.2. The number of nitro benzene ring substituents is 1. The van der Waals surface area contributed by atoms with Crippen molar-refractivity contribution >= 4 is 11.4 Å². The summed E-state index contributed by atoms with van der Waals surface area (Å²) >= 11 is 0. The van der Waals surface area contributed by atoms with Gasteiger partial charge in [0.15, 0.2) is 5.75 Å². The van der Waals surface area contributed by atoms with Gasteiger partial charge in [-0.3, -0.25) is 10.1 Å². The third-order valence-corrected chi connectivity index (χ3v) is 3.63. The molecule has 0 bridgehead atoms. The van der Waals surface area contributed by atoms with E-state index in [-0.39, 0.29) is 17.4 Å². The Kier molecular flexibility index (Phi) is 3.90. The minimum absolute atomic E-state index is 0.00348. The summed E-state index contributed by atoms with van der Waals surface area (Å²) in [4.78, 5) is 12.8. The number of ether oxygens (including phenoxy) is 1. The molecule has 1 heterocycles. The third kappa shape index (κ3) is 2.63. The van der Waals surface area contributed by atoms with Crippen LogP contribution in [0.4, 0.5) is 11.4 Å². The van der Waals surface area contributed by atoms with Gasteiger partial charge in [0.05, 0.1) is 18.1 Å². The molecule has 0 aliphatic carbocycles. The molecule has 0 aromatic heterocycles. The zero-order valence-corrected chi connectivity index (χ0v) is 11.1. The van der Waals surface area contributed by atoms with Crippen molar-refractivity contribution in [3.8, 4) is 5.75 Å². The number of aliphatic hydroxyl groups is 1. The van der Waals surface area contributed by atoms with Crippen molar-refractivity contribution < 1.29 is 14.8 Å². The SMILES string of the molecule is COc1cccc(N2CCC(C(C)O)C2)c1[N+](=O)[O-]. The van der Waals surface area contributed by atoms with Gasteiger partial charge in [-0.2, -0.15) is 0 Å². The van der Waals surface area contributed by atoms with Crippen LogP contribution in [0.2, 0.25) is 0 Å². The average Bonchev–Trinajstić information content (AvgIpc) is 2.87. The quantitative estimate of drug-likeness (QED) is 0.664. The van der Waals surface area contributed by atoms with E-state index in [1.165, 1.54) is 7.11 Å². The van der Waals surface area contributed by atoms with E-state index in [1.807, 2.05) is 4.90 Å². The zero-order valence-electron chi connectivity index (χ0n) is 11.1. The topological polar surface area (TPSA) is 75.8 Å². The van der Waals surface area contributed by atoms with Crippen molar-refractivity contribution in [3.63, 3.8) is 0 Å². The summed E-state index contributed by atoms with van der Waals surface area (Å²) in [6.07, 6.45) is 0.445. The molecule has 104 valence electrons. The van der Waals surface area contributed by atoms with Crippen LogP contribution in [0, 0.1) is 16.0 Å². The Bertz CT molecular complexity index is 476. The van der Waals surface area contributed by atoms with Gasteiger partial charge in [0.2, 0.25) is 0 Å². The summed E-state index contributed by atoms with van der Waals surface area (Å²) in [6, 6.07) is 5.06. The normalized spacial score (nSPS) is 20.4. The fourth-order valence-electron chi connectivity index (χ4n) is 2.51. The second-order valence-corrected chi connectivity index (χ2v) is 4.82. The number of nitro groups is 1. The number of methoxy groups -OCH3 is 1. The fraction of sp³-hybridized carbons (Fsp3) is 0.538. The van der Waals surface area contributed by atoms with Crippen LogP contribution in [0.5, 0.6) is 5.75 Å². The van der Waals surface area contributed by atoms with E-state index in [9.17, 15) is 15.2 Å². The average molecular weight is 266 g/mol. The van der Waals surface area contributed by atoms with Crippen molar-refractivity contribution in [3.05, 3.63) is 28.3 Å². The maximum absolute atomic E-state index is 11.2. The van der Waals surface area contributed by atoms with E-state index >= 15 is 0 Å². The van der Waals surface area contributed by atoms with Gasteiger partial charge in [-0.1, -0.05) is 6.07 Å². The van der Waals surface area contributed by atoms with E-state index in [2.05, 4.69) is 0 Å². The summed E-state index contributed by atoms with van der Waals surface area (Å²) in [6.45, 7) is 3.10. The van der Waals surface area contributed by atoms with Crippen LogP contribution in [0.1, 0.15) is 13.3 Å². The lowest BCUT2D eigenvalue weighted by atomic mass is 10.0. The molecule has 0 radical (unpaired) electrons. The number of rotatable bonds is 4. The summed E-state index contributed by atoms with van der Waals surface area (Å²) in [5.41, 5.74) is 0.559. The minimum atomic E-state index is -0.413. The molecule has 1 aliphatic rings. The van der Waals surface area contributed by atoms with Crippen molar-refractivity contribution in [2.75, 3.05) is 25.1 Å². The first-order chi connectivity index (χ1) is 9.04. The second-order valence-electron chi connectivity index (χ2n) is 4.82. The van der Waals surface area contributed by atoms with Crippen LogP contribution >= 0.6 is 0 Å². The van der Waals surface area contributed by atoms with E-state index < -0.39 is 11.0 Å². The number of aliphatic hydroxyl groups excluding tert-OH is 1. The Morgan fingerprint density at radius 3 is 2.84 bits per heavy atom. The smallest absolute Gasteiger partial charge is 0.333 e. The Labute approximate surface area is 111 Å². The molecule has 2 unspecified atom stereocenters. The first-order valence-electron chi connectivity index (χ1n) is 6.29. The zero-order chi connectivity index (χ0) is 14.0. The molecule has 6 nitrogen and oxygen atoms in total. The first kappa shape index (κ1) is 13.6. The van der Waals surface area contributed by atoms with Gasteiger partial charge < -0.3 is 14.7 Å². The van der Waals surface area contributed by atoms with E-state index in [1.54, 1.807) is 25.1 Å². The van der Waals surface area contributed by atoms with Gasteiger partial charge in [-0.25, -0.2) is 0 Å². The monoisotopic (exact) mass is 266 g/mol. The molecule has 0 spiro atoms. The number of anilines is 1. The van der Waals surface area contributed by atoms with Gasteiger partial charge in [-0.15, -0.1) is 0 Å². The highest BCUT2D eigenvalue weighted by Crippen LogP contribution is 2.39. The molecule has 0 amide bonds. The minimum Gasteiger partial charge on any atom is -0.490 e. The lowest BCUT2D eigenvalue weighted by Crippen LogP contribution is -2.24. The standard InChI is InChI=1S/C13H18N2O4/c1-9(16)10-6-7-14(8-10)11-4-3-5-12(19-2)13(11)15(17)18/h3-5,9-10,16H,6-8H2,1-2H3. The highest BCUT2D eigenvalue weighted by molar-refractivity contribution is 5.70. The van der Waals surface area contributed by atoms with Crippen molar-refractivity contribution in [1.82, 2.24) is 0 Å². The first-order valence-corrected chi connectivity index (χ1v) is 6.29. The molecular weight excluding hydrogens is 248 g/mol. The summed E-state index contributed by atoms with van der Waals surface area (Å²) in [5.74, 6) is 0.425. The molecule has 1 aromatic carbocycles. The third-order valence-electron chi connectivity index (χ3n) is 3.63. The number of nitrogens with zero attached hydrogens (tertiary/aromatic N) is 2. The molecule has 1 saturated heterocycles. The molecule has 2 rings (SSSR count). The van der Waals surface area contributed by atoms with Crippen molar-refractivity contribution in [1.29, 1.82) is 0 Å². The van der Waals surface area contributed by atoms with Crippen LogP contribution in [-0.4, -0.2) is 36.3 Å². The predicted molar refractivity (Wildman–Crippen MR) is 71.6 cm³/mol. The summed E-state index contributed by atoms with van der Waals surface area (Å²) < 4.78 is 5.06. The molecule has 1 aliphatic heterocycles. The largest absolute Gasteiger partial charge is 0.490 e. The Balaban J connectivity index is 2.33. The van der Waals surface area contributed by atoms with E-state index in [0.29, 0.717) is 18.8 Å². The molecule has 1 N–H and O–H groups in total. The maximum Gasteiger partial charge on any atom is 0.333 e. The number of hydrogen-bond donors (Lipinski definition) is 1. The Morgan fingerprint density at radius 2 is 2.32 bits per heavy atom. The Morgan fingerprint density at radius 1 is 1.58 bits per heavy atom. The number of benzene rings is 1. The van der Waals surface area contributed by atoms with E-state index in [4.69, 9.17) is 4.74 Å². The summed E-state index contributed by atoms with van der Waals surface area (Å²) in [5, 5.41) is 20.8. The lowest BCUT2D eigenvalue weighted by Gasteiger charge is -2.20. The second kappa shape index (κ2) is 5.44. The number of para-hydroxylation sites is 1. The van der Waals surface area contributed by atoms with Crippen LogP contribution in [-0.2, 0) is 0 Å². The van der Waals surface area contributed by atoms with Gasteiger partial charge in [0.1, 0.15) is 5.69 Å². The number of hydrogen-bond acceptors (Lipinski definition) is 5. The van der Waals surface area contributed by atoms with Gasteiger partial charge in [0.25, 0.3) is 0 Å². The molecule has 2 atom stereocenters. The molecule has 6 heteroatoms. The van der Waals surface area contributed by atoms with Crippen LogP contribution in [0.15, 0.2) is 18.2 Å². The molecule has 1 aromatic rings. The van der Waals surface area contributed by atoms with Crippen LogP contribution in [0.25, 0.3) is 0 Å². The van der Waals surface area contributed by atoms with Gasteiger partial charge in [-0.05, 0) is 25.5 Å². The lowest BCUT2D eigenvalue weighted by molar-refractivity contribution is -0.385. The van der Waals surface area contributed by atoms with E-state index in [0.717, 1.165) is 6.42 Å². The highest BCUT2D eigenvalue weighted by atomic mass is 16.6. The predicted octanol–water partition coefficient (Wildman–Crippen LogP) is 1.81.